The van der Waals surface area contributed by atoms with Gasteiger partial charge in [0.05, 0.1) is 25.2 Å². The number of ether oxygens (including phenoxy) is 3. The molecule has 0 radical (unpaired) electrons. The molecule has 33 heavy (non-hydrogen) atoms. The molecule has 0 bridgehead atoms. The molecule has 0 aliphatic carbocycles. The summed E-state index contributed by atoms with van der Waals surface area (Å²) in [5.41, 5.74) is 0.740. The number of amides is 1. The van der Waals surface area contributed by atoms with Crippen molar-refractivity contribution in [3.8, 4) is 5.75 Å². The van der Waals surface area contributed by atoms with E-state index >= 15 is 0 Å². The number of carbonyl (C=O) groups excluding carboxylic acids is 2. The molecule has 0 atom stereocenters. The van der Waals surface area contributed by atoms with Crippen molar-refractivity contribution in [2.24, 2.45) is 0 Å². The lowest BCUT2D eigenvalue weighted by Crippen LogP contribution is -2.40. The van der Waals surface area contributed by atoms with Crippen LogP contribution in [0.5, 0.6) is 5.75 Å². The number of hydrogen-bond donors (Lipinski definition) is 0. The van der Waals surface area contributed by atoms with E-state index in [2.05, 4.69) is 0 Å². The van der Waals surface area contributed by atoms with Crippen LogP contribution in [0.3, 0.4) is 0 Å². The average molecular weight is 497 g/mol. The van der Waals surface area contributed by atoms with Crippen LogP contribution in [0.25, 0.3) is 0 Å². The highest BCUT2D eigenvalue weighted by Crippen LogP contribution is 2.26. The topological polar surface area (TPSA) is 102 Å². The van der Waals surface area contributed by atoms with Crippen molar-refractivity contribution in [1.82, 2.24) is 9.21 Å². The predicted octanol–water partition coefficient (Wildman–Crippen LogP) is 2.18. The smallest absolute Gasteiger partial charge is 0.342 e. The molecule has 0 saturated carbocycles. The van der Waals surface area contributed by atoms with Crippen molar-refractivity contribution in [3.63, 3.8) is 0 Å². The number of halogens is 1. The van der Waals surface area contributed by atoms with E-state index in [9.17, 15) is 18.0 Å². The third-order valence-corrected chi connectivity index (χ3v) is 7.19. The Bertz CT molecular complexity index is 1120. The number of esters is 1. The Hall–Kier alpha value is -2.66. The van der Waals surface area contributed by atoms with E-state index in [0.717, 1.165) is 5.56 Å². The van der Waals surface area contributed by atoms with Crippen LogP contribution in [0.4, 0.5) is 0 Å². The van der Waals surface area contributed by atoms with Crippen molar-refractivity contribution in [2.45, 2.75) is 11.4 Å². The molecule has 2 aromatic carbocycles. The van der Waals surface area contributed by atoms with Crippen molar-refractivity contribution in [1.29, 1.82) is 0 Å². The molecule has 0 aromatic heterocycles. The molecule has 1 amide bonds. The van der Waals surface area contributed by atoms with Crippen LogP contribution in [0, 0.1) is 0 Å². The molecule has 9 nitrogen and oxygen atoms in total. The van der Waals surface area contributed by atoms with E-state index < -0.39 is 28.5 Å². The molecule has 0 unspecified atom stereocenters. The van der Waals surface area contributed by atoms with Gasteiger partial charge < -0.3 is 19.1 Å². The highest BCUT2D eigenvalue weighted by atomic mass is 35.5. The monoisotopic (exact) mass is 496 g/mol. The average Bonchev–Trinajstić information content (AvgIpc) is 2.82. The van der Waals surface area contributed by atoms with E-state index in [1.165, 1.54) is 34.5 Å². The number of benzene rings is 2. The molecule has 1 heterocycles. The third-order valence-electron chi connectivity index (χ3n) is 5.06. The summed E-state index contributed by atoms with van der Waals surface area (Å²) in [5.74, 6) is -1.16. The van der Waals surface area contributed by atoms with Crippen molar-refractivity contribution in [3.05, 3.63) is 58.6 Å². The first-order valence-corrected chi connectivity index (χ1v) is 12.0. The van der Waals surface area contributed by atoms with Gasteiger partial charge in [-0.05, 0) is 35.9 Å². The third kappa shape index (κ3) is 6.23. The second-order valence-corrected chi connectivity index (χ2v) is 9.71. The molecule has 0 spiro atoms. The quantitative estimate of drug-likeness (QED) is 0.516. The lowest BCUT2D eigenvalue weighted by atomic mass is 10.2. The molecule has 3 rings (SSSR count). The number of rotatable bonds is 8. The lowest BCUT2D eigenvalue weighted by Gasteiger charge is -2.26. The summed E-state index contributed by atoms with van der Waals surface area (Å²) in [4.78, 5) is 26.4. The van der Waals surface area contributed by atoms with Gasteiger partial charge in [0.1, 0.15) is 11.3 Å². The van der Waals surface area contributed by atoms with E-state index in [0.29, 0.717) is 18.2 Å². The summed E-state index contributed by atoms with van der Waals surface area (Å²) in [6.45, 7) is 0.820. The number of nitrogens with zero attached hydrogens (tertiary/aromatic N) is 2. The second-order valence-electron chi connectivity index (χ2n) is 7.33. The van der Waals surface area contributed by atoms with Crippen molar-refractivity contribution >= 4 is 33.5 Å². The highest BCUT2D eigenvalue weighted by molar-refractivity contribution is 7.89. The Morgan fingerprint density at radius 3 is 2.55 bits per heavy atom. The number of sulfonamides is 1. The fourth-order valence-electron chi connectivity index (χ4n) is 3.26. The maximum atomic E-state index is 12.9. The summed E-state index contributed by atoms with van der Waals surface area (Å²) in [6, 6.07) is 11.0. The molecular weight excluding hydrogens is 472 g/mol. The van der Waals surface area contributed by atoms with Gasteiger partial charge in [0.25, 0.3) is 5.91 Å². The summed E-state index contributed by atoms with van der Waals surface area (Å²) in [6.07, 6.45) is 0. The standard InChI is InChI=1S/C22H25ClN2O7S/c1-24(14-16-4-3-5-17(23)12-16)21(26)15-32-22(27)19-13-18(6-7-20(19)30-2)33(28,29)25-8-10-31-11-9-25/h3-7,12-13H,8-11,14-15H2,1-2H3. The first kappa shape index (κ1) is 25.0. The summed E-state index contributed by atoms with van der Waals surface area (Å²) < 4.78 is 42.7. The fraction of sp³-hybridized carbons (Fsp3) is 0.364. The number of carbonyl (C=O) groups is 2. The zero-order valence-corrected chi connectivity index (χ0v) is 19.9. The van der Waals surface area contributed by atoms with Gasteiger partial charge in [-0.25, -0.2) is 13.2 Å². The van der Waals surface area contributed by atoms with Gasteiger partial charge in [0.2, 0.25) is 10.0 Å². The molecule has 2 aromatic rings. The second kappa shape index (κ2) is 11.0. The van der Waals surface area contributed by atoms with E-state index in [1.807, 2.05) is 6.07 Å². The number of hydrogen-bond acceptors (Lipinski definition) is 7. The Morgan fingerprint density at radius 1 is 1.15 bits per heavy atom. The van der Waals surface area contributed by atoms with Crippen LogP contribution in [0.2, 0.25) is 5.02 Å². The Balaban J connectivity index is 1.69. The van der Waals surface area contributed by atoms with Gasteiger partial charge >= 0.3 is 5.97 Å². The lowest BCUT2D eigenvalue weighted by molar-refractivity contribution is -0.133. The predicted molar refractivity (Wildman–Crippen MR) is 121 cm³/mol. The van der Waals surface area contributed by atoms with Crippen LogP contribution in [-0.4, -0.2) is 76.6 Å². The van der Waals surface area contributed by atoms with Gasteiger partial charge in [-0.3, -0.25) is 4.79 Å². The molecule has 1 aliphatic rings. The van der Waals surface area contributed by atoms with Crippen LogP contribution in [-0.2, 0) is 30.8 Å². The van der Waals surface area contributed by atoms with Crippen LogP contribution in [0.15, 0.2) is 47.4 Å². The zero-order valence-electron chi connectivity index (χ0n) is 18.3. The molecule has 178 valence electrons. The Morgan fingerprint density at radius 2 is 1.88 bits per heavy atom. The first-order chi connectivity index (χ1) is 15.7. The molecule has 1 aliphatic heterocycles. The Labute approximate surface area is 197 Å². The largest absolute Gasteiger partial charge is 0.496 e. The van der Waals surface area contributed by atoms with E-state index in [1.54, 1.807) is 25.2 Å². The molecule has 1 saturated heterocycles. The van der Waals surface area contributed by atoms with Crippen molar-refractivity contribution in [2.75, 3.05) is 47.1 Å². The fourth-order valence-corrected chi connectivity index (χ4v) is 4.90. The molecule has 11 heteroatoms. The van der Waals surface area contributed by atoms with E-state index in [4.69, 9.17) is 25.8 Å². The van der Waals surface area contributed by atoms with Crippen LogP contribution in [0.1, 0.15) is 15.9 Å². The molecule has 1 fully saturated rings. The van der Waals surface area contributed by atoms with Gasteiger partial charge in [-0.1, -0.05) is 23.7 Å². The number of likely N-dealkylation sites (N-methyl/N-ethyl adjacent to an activating group) is 1. The minimum Gasteiger partial charge on any atom is -0.496 e. The van der Waals surface area contributed by atoms with Gasteiger partial charge in [-0.2, -0.15) is 4.31 Å². The highest BCUT2D eigenvalue weighted by Gasteiger charge is 2.28. The maximum absolute atomic E-state index is 12.9. The van der Waals surface area contributed by atoms with Gasteiger partial charge in [-0.15, -0.1) is 0 Å². The zero-order chi connectivity index (χ0) is 24.0. The van der Waals surface area contributed by atoms with Crippen molar-refractivity contribution < 1.29 is 32.2 Å². The normalized spacial score (nSPS) is 14.5. The minimum atomic E-state index is -3.82. The number of methoxy groups -OCH3 is 1. The Kier molecular flexibility index (Phi) is 8.30. The first-order valence-electron chi connectivity index (χ1n) is 10.1. The summed E-state index contributed by atoms with van der Waals surface area (Å²) in [7, 11) is -0.892. The van der Waals surface area contributed by atoms with Crippen LogP contribution >= 0.6 is 11.6 Å². The molecular formula is C22H25ClN2O7S. The molecule has 0 N–H and O–H groups in total. The summed E-state index contributed by atoms with van der Waals surface area (Å²) in [5, 5.41) is 0.554. The number of morpholine rings is 1. The van der Waals surface area contributed by atoms with E-state index in [-0.39, 0.29) is 35.8 Å². The SMILES string of the molecule is COc1ccc(S(=O)(=O)N2CCOCC2)cc1C(=O)OCC(=O)N(C)Cc1cccc(Cl)c1. The van der Waals surface area contributed by atoms with Gasteiger partial charge in [0, 0.05) is 31.7 Å². The maximum Gasteiger partial charge on any atom is 0.342 e. The van der Waals surface area contributed by atoms with Gasteiger partial charge in [0.15, 0.2) is 6.61 Å². The minimum absolute atomic E-state index is 0.0680. The summed E-state index contributed by atoms with van der Waals surface area (Å²) >= 11 is 5.96. The van der Waals surface area contributed by atoms with Crippen LogP contribution < -0.4 is 4.74 Å².